The van der Waals surface area contributed by atoms with Crippen molar-refractivity contribution in [2.45, 2.75) is 50.2 Å². The van der Waals surface area contributed by atoms with Crippen molar-refractivity contribution in [3.8, 4) is 0 Å². The lowest BCUT2D eigenvalue weighted by molar-refractivity contribution is -0.176. The number of aromatic amines is 1. The summed E-state index contributed by atoms with van der Waals surface area (Å²) in [7, 11) is 0. The Morgan fingerprint density at radius 3 is 2.84 bits per heavy atom. The first-order chi connectivity index (χ1) is 12.0. The Morgan fingerprint density at radius 1 is 1.28 bits per heavy atom. The van der Waals surface area contributed by atoms with Crippen molar-refractivity contribution in [3.63, 3.8) is 0 Å². The second-order valence-corrected chi connectivity index (χ2v) is 7.61. The predicted octanol–water partition coefficient (Wildman–Crippen LogP) is 3.09. The highest BCUT2D eigenvalue weighted by Crippen LogP contribution is 2.41. The zero-order chi connectivity index (χ0) is 17.5. The van der Waals surface area contributed by atoms with Gasteiger partial charge in [0.15, 0.2) is 0 Å². The lowest BCUT2D eigenvalue weighted by Gasteiger charge is -2.49. The fourth-order valence-electron chi connectivity index (χ4n) is 4.30. The zero-order valence-electron chi connectivity index (χ0n) is 14.8. The van der Waals surface area contributed by atoms with Crippen molar-refractivity contribution in [1.29, 1.82) is 0 Å². The molecule has 25 heavy (non-hydrogen) atoms. The third-order valence-corrected chi connectivity index (χ3v) is 6.05. The highest BCUT2D eigenvalue weighted by Gasteiger charge is 2.46. The van der Waals surface area contributed by atoms with Gasteiger partial charge in [-0.05, 0) is 49.3 Å². The maximum Gasteiger partial charge on any atom is 0.253 e. The van der Waals surface area contributed by atoms with Crippen LogP contribution in [0.5, 0.6) is 0 Å². The molecule has 2 aliphatic heterocycles. The number of H-pyrrole nitrogens is 1. The van der Waals surface area contributed by atoms with Crippen molar-refractivity contribution in [1.82, 2.24) is 9.88 Å². The van der Waals surface area contributed by atoms with Crippen LogP contribution in [0.4, 0.5) is 0 Å². The molecule has 2 N–H and O–H groups in total. The number of nitrogens with one attached hydrogen (secondary N) is 1. The summed E-state index contributed by atoms with van der Waals surface area (Å²) in [6.45, 7) is 4.01. The van der Waals surface area contributed by atoms with Crippen LogP contribution >= 0.6 is 0 Å². The minimum Gasteiger partial charge on any atom is -0.390 e. The van der Waals surface area contributed by atoms with Gasteiger partial charge in [-0.15, -0.1) is 0 Å². The van der Waals surface area contributed by atoms with Gasteiger partial charge in [0.1, 0.15) is 0 Å². The molecule has 0 radical (unpaired) electrons. The maximum absolute atomic E-state index is 12.8. The van der Waals surface area contributed by atoms with Crippen LogP contribution in [-0.4, -0.2) is 51.8 Å². The van der Waals surface area contributed by atoms with Gasteiger partial charge in [-0.25, -0.2) is 0 Å². The summed E-state index contributed by atoms with van der Waals surface area (Å²) in [5.74, 6) is 0.0768. The fourth-order valence-corrected chi connectivity index (χ4v) is 4.30. The topological polar surface area (TPSA) is 65.6 Å². The zero-order valence-corrected chi connectivity index (χ0v) is 14.8. The molecule has 5 nitrogen and oxygen atoms in total. The number of piperidine rings is 1. The van der Waals surface area contributed by atoms with Crippen molar-refractivity contribution in [3.05, 3.63) is 36.0 Å². The molecule has 2 aliphatic rings. The van der Waals surface area contributed by atoms with Gasteiger partial charge in [-0.3, -0.25) is 4.79 Å². The molecule has 1 aromatic carbocycles. The molecule has 3 heterocycles. The molecular weight excluding hydrogens is 316 g/mol. The predicted molar refractivity (Wildman–Crippen MR) is 96.6 cm³/mol. The molecule has 1 amide bonds. The van der Waals surface area contributed by atoms with Crippen molar-refractivity contribution >= 4 is 16.8 Å². The van der Waals surface area contributed by atoms with Crippen LogP contribution in [0.25, 0.3) is 10.9 Å². The maximum atomic E-state index is 12.8. The van der Waals surface area contributed by atoms with Gasteiger partial charge >= 0.3 is 0 Å². The molecule has 0 saturated carbocycles. The number of nitrogens with zero attached hydrogens (tertiary/aromatic N) is 1. The van der Waals surface area contributed by atoms with Crippen LogP contribution in [0.2, 0.25) is 0 Å². The number of hydrogen-bond acceptors (Lipinski definition) is 3. The smallest absolute Gasteiger partial charge is 0.253 e. The van der Waals surface area contributed by atoms with Crippen LogP contribution in [0.3, 0.4) is 0 Å². The monoisotopic (exact) mass is 342 g/mol. The molecule has 0 aliphatic carbocycles. The van der Waals surface area contributed by atoms with E-state index in [1.807, 2.05) is 42.3 Å². The van der Waals surface area contributed by atoms with E-state index in [1.54, 1.807) is 0 Å². The Labute approximate surface area is 148 Å². The molecule has 0 bridgehead atoms. The lowest BCUT2D eigenvalue weighted by atomic mass is 9.76. The molecule has 1 aromatic heterocycles. The SMILES string of the molecule is CCC1(O)CCOC2(CCN(C(=O)c3ccc4cc[nH]c4c3)CC2)C1. The molecule has 1 unspecified atom stereocenters. The number of likely N-dealkylation sites (tertiary alicyclic amines) is 1. The van der Waals surface area contributed by atoms with E-state index in [4.69, 9.17) is 4.74 Å². The number of fused-ring (bicyclic) bond motifs is 1. The van der Waals surface area contributed by atoms with Gasteiger partial charge in [0.2, 0.25) is 0 Å². The molecule has 2 saturated heterocycles. The third-order valence-electron chi connectivity index (χ3n) is 6.05. The highest BCUT2D eigenvalue weighted by atomic mass is 16.5. The average Bonchev–Trinajstić information content (AvgIpc) is 3.09. The average molecular weight is 342 g/mol. The number of ether oxygens (including phenoxy) is 1. The quantitative estimate of drug-likeness (QED) is 0.881. The Kier molecular flexibility index (Phi) is 4.08. The minimum atomic E-state index is -0.608. The number of amides is 1. The summed E-state index contributed by atoms with van der Waals surface area (Å²) < 4.78 is 6.08. The van der Waals surface area contributed by atoms with Crippen LogP contribution < -0.4 is 0 Å². The van der Waals surface area contributed by atoms with Crippen molar-refractivity contribution in [2.75, 3.05) is 19.7 Å². The number of carbonyl (C=O) groups is 1. The molecule has 2 fully saturated rings. The van der Waals surface area contributed by atoms with Gasteiger partial charge < -0.3 is 19.7 Å². The van der Waals surface area contributed by atoms with E-state index in [0.29, 0.717) is 32.5 Å². The number of rotatable bonds is 2. The van der Waals surface area contributed by atoms with Crippen LogP contribution in [0.1, 0.15) is 49.4 Å². The molecule has 4 rings (SSSR count). The van der Waals surface area contributed by atoms with Crippen LogP contribution in [0.15, 0.2) is 30.5 Å². The summed E-state index contributed by atoms with van der Waals surface area (Å²) in [6.07, 6.45) is 5.64. The summed E-state index contributed by atoms with van der Waals surface area (Å²) in [6, 6.07) is 7.81. The first-order valence-electron chi connectivity index (χ1n) is 9.25. The Bertz CT molecular complexity index is 776. The molecule has 1 atom stereocenters. The van der Waals surface area contributed by atoms with Crippen LogP contribution in [-0.2, 0) is 4.74 Å². The summed E-state index contributed by atoms with van der Waals surface area (Å²) >= 11 is 0. The van der Waals surface area contributed by atoms with E-state index < -0.39 is 5.60 Å². The van der Waals surface area contributed by atoms with Gasteiger partial charge in [-0.2, -0.15) is 0 Å². The number of aromatic nitrogens is 1. The summed E-state index contributed by atoms with van der Waals surface area (Å²) in [5.41, 5.74) is 0.843. The van der Waals surface area contributed by atoms with E-state index in [2.05, 4.69) is 4.98 Å². The number of benzene rings is 1. The van der Waals surface area contributed by atoms with Crippen LogP contribution in [0, 0.1) is 0 Å². The van der Waals surface area contributed by atoms with Gasteiger partial charge in [-0.1, -0.05) is 13.0 Å². The number of carbonyl (C=O) groups excluding carboxylic acids is 1. The summed E-state index contributed by atoms with van der Waals surface area (Å²) in [5, 5.41) is 11.8. The normalized spacial score (nSPS) is 26.2. The second kappa shape index (κ2) is 6.15. The minimum absolute atomic E-state index is 0.0768. The molecule has 134 valence electrons. The van der Waals surface area contributed by atoms with E-state index in [1.165, 1.54) is 0 Å². The standard InChI is InChI=1S/C20H26N2O3/c1-2-19(24)8-12-25-20(14-19)6-10-22(11-7-20)18(23)16-4-3-15-5-9-21-17(15)13-16/h3-5,9,13,21,24H,2,6-8,10-12,14H2,1H3. The fraction of sp³-hybridized carbons (Fsp3) is 0.550. The van der Waals surface area contributed by atoms with E-state index in [9.17, 15) is 9.90 Å². The third kappa shape index (κ3) is 3.07. The van der Waals surface area contributed by atoms with Crippen molar-refractivity contribution in [2.24, 2.45) is 0 Å². The number of aliphatic hydroxyl groups is 1. The van der Waals surface area contributed by atoms with Gasteiger partial charge in [0, 0.05) is 36.8 Å². The van der Waals surface area contributed by atoms with E-state index in [-0.39, 0.29) is 11.5 Å². The van der Waals surface area contributed by atoms with Crippen molar-refractivity contribution < 1.29 is 14.6 Å². The highest BCUT2D eigenvalue weighted by molar-refractivity contribution is 5.98. The lowest BCUT2D eigenvalue weighted by Crippen LogP contribution is -2.55. The molecular formula is C20H26N2O3. The van der Waals surface area contributed by atoms with Gasteiger partial charge in [0.05, 0.1) is 17.8 Å². The molecule has 1 spiro atoms. The largest absolute Gasteiger partial charge is 0.390 e. The number of hydrogen-bond donors (Lipinski definition) is 2. The Morgan fingerprint density at radius 2 is 2.08 bits per heavy atom. The first kappa shape index (κ1) is 16.6. The summed E-state index contributed by atoms with van der Waals surface area (Å²) in [4.78, 5) is 17.9. The van der Waals surface area contributed by atoms with Gasteiger partial charge in [0.25, 0.3) is 5.91 Å². The Hall–Kier alpha value is -1.85. The molecule has 2 aromatic rings. The second-order valence-electron chi connectivity index (χ2n) is 7.61. The van der Waals surface area contributed by atoms with E-state index >= 15 is 0 Å². The van der Waals surface area contributed by atoms with E-state index in [0.717, 1.165) is 35.7 Å². The first-order valence-corrected chi connectivity index (χ1v) is 9.25. The Balaban J connectivity index is 1.45. The molecule has 5 heteroatoms.